The van der Waals surface area contributed by atoms with Gasteiger partial charge in [0.05, 0.1) is 11.6 Å². The van der Waals surface area contributed by atoms with Crippen LogP contribution < -0.4 is 4.74 Å². The Bertz CT molecular complexity index is 468. The molecule has 1 heterocycles. The summed E-state index contributed by atoms with van der Waals surface area (Å²) in [6.07, 6.45) is 1.89. The van der Waals surface area contributed by atoms with Crippen molar-refractivity contribution < 1.29 is 4.74 Å². The van der Waals surface area contributed by atoms with Gasteiger partial charge in [0, 0.05) is 18.8 Å². The van der Waals surface area contributed by atoms with E-state index in [0.717, 1.165) is 17.0 Å². The van der Waals surface area contributed by atoms with E-state index in [1.807, 2.05) is 43.6 Å². The Morgan fingerprint density at radius 1 is 1.31 bits per heavy atom. The molecule has 0 unspecified atom stereocenters. The molecule has 84 valence electrons. The lowest BCUT2D eigenvalue weighted by Crippen LogP contribution is -1.99. The maximum Gasteiger partial charge on any atom is 0.132 e. The van der Waals surface area contributed by atoms with Gasteiger partial charge in [-0.3, -0.25) is 4.68 Å². The van der Waals surface area contributed by atoms with E-state index in [0.29, 0.717) is 12.5 Å². The SMILES string of the molecule is Cn1ccc(COc2ccccc2CCl)n1. The van der Waals surface area contributed by atoms with Gasteiger partial charge in [-0.15, -0.1) is 11.6 Å². The second-order valence-corrected chi connectivity index (χ2v) is 3.78. The fourth-order valence-electron chi connectivity index (χ4n) is 1.45. The molecule has 0 atom stereocenters. The molecule has 0 aliphatic rings. The van der Waals surface area contributed by atoms with Gasteiger partial charge >= 0.3 is 0 Å². The molecule has 1 aromatic heterocycles. The summed E-state index contributed by atoms with van der Waals surface area (Å²) >= 11 is 5.82. The number of halogens is 1. The van der Waals surface area contributed by atoms with Crippen LogP contribution in [0.2, 0.25) is 0 Å². The predicted octanol–water partition coefficient (Wildman–Crippen LogP) is 2.74. The minimum Gasteiger partial charge on any atom is -0.487 e. The first kappa shape index (κ1) is 11.0. The van der Waals surface area contributed by atoms with Crippen molar-refractivity contribution in [3.63, 3.8) is 0 Å². The van der Waals surface area contributed by atoms with Gasteiger partial charge in [0.2, 0.25) is 0 Å². The van der Waals surface area contributed by atoms with Crippen molar-refractivity contribution in [2.45, 2.75) is 12.5 Å². The van der Waals surface area contributed by atoms with Gasteiger partial charge in [0.25, 0.3) is 0 Å². The second-order valence-electron chi connectivity index (χ2n) is 3.51. The van der Waals surface area contributed by atoms with Gasteiger partial charge in [-0.2, -0.15) is 5.10 Å². The highest BCUT2D eigenvalue weighted by Gasteiger charge is 2.03. The number of hydrogen-bond acceptors (Lipinski definition) is 2. The number of benzene rings is 1. The van der Waals surface area contributed by atoms with Crippen molar-refractivity contribution in [1.82, 2.24) is 9.78 Å². The van der Waals surface area contributed by atoms with Crippen LogP contribution in [0.4, 0.5) is 0 Å². The van der Waals surface area contributed by atoms with Gasteiger partial charge in [-0.05, 0) is 12.1 Å². The predicted molar refractivity (Wildman–Crippen MR) is 63.5 cm³/mol. The van der Waals surface area contributed by atoms with Crippen LogP contribution in [0.25, 0.3) is 0 Å². The standard InChI is InChI=1S/C12H13ClN2O/c1-15-7-6-11(14-15)9-16-12-5-3-2-4-10(12)8-13/h2-7H,8-9H2,1H3. The highest BCUT2D eigenvalue weighted by atomic mass is 35.5. The Morgan fingerprint density at radius 2 is 2.12 bits per heavy atom. The van der Waals surface area contributed by atoms with E-state index >= 15 is 0 Å². The highest BCUT2D eigenvalue weighted by molar-refractivity contribution is 6.17. The summed E-state index contributed by atoms with van der Waals surface area (Å²) in [6, 6.07) is 9.69. The average molecular weight is 237 g/mol. The van der Waals surface area contributed by atoms with E-state index in [2.05, 4.69) is 5.10 Å². The Kier molecular flexibility index (Phi) is 3.47. The zero-order valence-corrected chi connectivity index (χ0v) is 9.81. The molecule has 0 saturated carbocycles. The van der Waals surface area contributed by atoms with Crippen LogP contribution in [-0.4, -0.2) is 9.78 Å². The van der Waals surface area contributed by atoms with Crippen LogP contribution in [0.3, 0.4) is 0 Å². The fourth-order valence-corrected chi connectivity index (χ4v) is 1.67. The van der Waals surface area contributed by atoms with Crippen LogP contribution in [0.15, 0.2) is 36.5 Å². The summed E-state index contributed by atoms with van der Waals surface area (Å²) < 4.78 is 7.42. The Hall–Kier alpha value is -1.48. The van der Waals surface area contributed by atoms with E-state index < -0.39 is 0 Å². The molecule has 3 nitrogen and oxygen atoms in total. The Balaban J connectivity index is 2.04. The third-order valence-electron chi connectivity index (χ3n) is 2.26. The lowest BCUT2D eigenvalue weighted by molar-refractivity contribution is 0.297. The minimum absolute atomic E-state index is 0.457. The molecule has 0 fully saturated rings. The number of para-hydroxylation sites is 1. The third-order valence-corrected chi connectivity index (χ3v) is 2.55. The first-order valence-electron chi connectivity index (χ1n) is 5.05. The smallest absolute Gasteiger partial charge is 0.132 e. The van der Waals surface area contributed by atoms with Crippen molar-refractivity contribution in [3.05, 3.63) is 47.8 Å². The van der Waals surface area contributed by atoms with E-state index in [1.54, 1.807) is 4.68 Å². The number of alkyl halides is 1. The van der Waals surface area contributed by atoms with Crippen LogP contribution in [-0.2, 0) is 19.5 Å². The van der Waals surface area contributed by atoms with E-state index in [9.17, 15) is 0 Å². The van der Waals surface area contributed by atoms with Gasteiger partial charge < -0.3 is 4.74 Å². The van der Waals surface area contributed by atoms with Crippen molar-refractivity contribution in [2.24, 2.45) is 7.05 Å². The first-order valence-corrected chi connectivity index (χ1v) is 5.58. The number of hydrogen-bond donors (Lipinski definition) is 0. The number of aromatic nitrogens is 2. The highest BCUT2D eigenvalue weighted by Crippen LogP contribution is 2.20. The molecule has 1 aromatic carbocycles. The number of nitrogens with zero attached hydrogens (tertiary/aromatic N) is 2. The van der Waals surface area contributed by atoms with Gasteiger partial charge in [0.15, 0.2) is 0 Å². The van der Waals surface area contributed by atoms with E-state index in [1.165, 1.54) is 0 Å². The van der Waals surface area contributed by atoms with Crippen LogP contribution >= 0.6 is 11.6 Å². The summed E-state index contributed by atoms with van der Waals surface area (Å²) in [6.45, 7) is 0.467. The van der Waals surface area contributed by atoms with E-state index in [4.69, 9.17) is 16.3 Å². The zero-order chi connectivity index (χ0) is 11.4. The average Bonchev–Trinajstić information content (AvgIpc) is 2.73. The number of ether oxygens (including phenoxy) is 1. The maximum absolute atomic E-state index is 5.82. The maximum atomic E-state index is 5.82. The molecule has 2 aromatic rings. The largest absolute Gasteiger partial charge is 0.487 e. The van der Waals surface area contributed by atoms with Gasteiger partial charge in [-0.1, -0.05) is 18.2 Å². The first-order chi connectivity index (χ1) is 7.79. The molecule has 4 heteroatoms. The molecule has 0 saturated heterocycles. The summed E-state index contributed by atoms with van der Waals surface area (Å²) in [7, 11) is 1.89. The summed E-state index contributed by atoms with van der Waals surface area (Å²) in [4.78, 5) is 0. The van der Waals surface area contributed by atoms with Crippen molar-refractivity contribution in [1.29, 1.82) is 0 Å². The quantitative estimate of drug-likeness (QED) is 0.764. The summed E-state index contributed by atoms with van der Waals surface area (Å²) in [5, 5.41) is 4.24. The topological polar surface area (TPSA) is 27.1 Å². The molecule has 0 radical (unpaired) electrons. The Labute approximate surface area is 99.6 Å². The molecular formula is C12H13ClN2O. The van der Waals surface area contributed by atoms with Crippen LogP contribution in [0.5, 0.6) is 5.75 Å². The molecule has 0 aliphatic carbocycles. The molecule has 0 N–H and O–H groups in total. The molecule has 2 rings (SSSR count). The lowest BCUT2D eigenvalue weighted by atomic mass is 10.2. The number of rotatable bonds is 4. The molecule has 0 amide bonds. The van der Waals surface area contributed by atoms with Gasteiger partial charge in [0.1, 0.15) is 12.4 Å². The lowest BCUT2D eigenvalue weighted by Gasteiger charge is -2.07. The summed E-state index contributed by atoms with van der Waals surface area (Å²) in [5.74, 6) is 1.28. The second kappa shape index (κ2) is 5.03. The molecule has 0 bridgehead atoms. The van der Waals surface area contributed by atoms with E-state index in [-0.39, 0.29) is 0 Å². The Morgan fingerprint density at radius 3 is 2.81 bits per heavy atom. The normalized spacial score (nSPS) is 10.4. The van der Waals surface area contributed by atoms with Gasteiger partial charge in [-0.25, -0.2) is 0 Å². The minimum atomic E-state index is 0.457. The fraction of sp³-hybridized carbons (Fsp3) is 0.250. The van der Waals surface area contributed by atoms with Crippen LogP contribution in [0.1, 0.15) is 11.3 Å². The molecular weight excluding hydrogens is 224 g/mol. The van der Waals surface area contributed by atoms with Crippen LogP contribution in [0, 0.1) is 0 Å². The van der Waals surface area contributed by atoms with Crippen molar-refractivity contribution in [3.8, 4) is 5.75 Å². The molecule has 0 spiro atoms. The zero-order valence-electron chi connectivity index (χ0n) is 9.06. The van der Waals surface area contributed by atoms with Crippen molar-refractivity contribution in [2.75, 3.05) is 0 Å². The monoisotopic (exact) mass is 236 g/mol. The molecule has 16 heavy (non-hydrogen) atoms. The summed E-state index contributed by atoms with van der Waals surface area (Å²) in [5.41, 5.74) is 1.91. The number of aryl methyl sites for hydroxylation is 1. The third kappa shape index (κ3) is 2.55. The molecule has 0 aliphatic heterocycles. The van der Waals surface area contributed by atoms with Crippen molar-refractivity contribution >= 4 is 11.6 Å².